The van der Waals surface area contributed by atoms with Crippen LogP contribution in [-0.4, -0.2) is 51.3 Å². The first-order chi connectivity index (χ1) is 11.0. The summed E-state index contributed by atoms with van der Waals surface area (Å²) in [5.41, 5.74) is 1.04. The number of fused-ring (bicyclic) bond motifs is 1. The Kier molecular flexibility index (Phi) is 4.25. The van der Waals surface area contributed by atoms with Crippen LogP contribution in [0.25, 0.3) is 11.2 Å². The Morgan fingerprint density at radius 2 is 1.96 bits per heavy atom. The van der Waals surface area contributed by atoms with Gasteiger partial charge in [-0.25, -0.2) is 0 Å². The monoisotopic (exact) mass is 319 g/mol. The van der Waals surface area contributed by atoms with Crippen LogP contribution in [0.5, 0.6) is 0 Å². The van der Waals surface area contributed by atoms with Gasteiger partial charge in [0.05, 0.1) is 0 Å². The molecule has 0 aliphatic carbocycles. The van der Waals surface area contributed by atoms with Crippen molar-refractivity contribution >= 4 is 23.1 Å². The first-order valence-corrected chi connectivity index (χ1v) is 8.22. The van der Waals surface area contributed by atoms with Crippen molar-refractivity contribution in [2.75, 3.05) is 36.4 Å². The van der Waals surface area contributed by atoms with Gasteiger partial charge in [0.15, 0.2) is 11.2 Å². The van der Waals surface area contributed by atoms with Crippen molar-refractivity contribution in [2.45, 2.75) is 33.4 Å². The number of rotatable bonds is 4. The van der Waals surface area contributed by atoms with Crippen LogP contribution in [0.1, 0.15) is 20.8 Å². The molecule has 126 valence electrons. The van der Waals surface area contributed by atoms with Crippen LogP contribution in [-0.2, 0) is 13.6 Å². The van der Waals surface area contributed by atoms with E-state index in [1.165, 1.54) is 0 Å². The highest BCUT2D eigenvalue weighted by Crippen LogP contribution is 2.20. The zero-order valence-electron chi connectivity index (χ0n) is 14.3. The van der Waals surface area contributed by atoms with Crippen molar-refractivity contribution in [1.82, 2.24) is 24.4 Å². The molecular weight excluding hydrogens is 294 g/mol. The number of aryl methyl sites for hydroxylation is 1. The second-order valence-corrected chi connectivity index (χ2v) is 6.16. The fraction of sp³-hybridized carbons (Fsp3) is 0.667. The number of piperazine rings is 1. The third-order valence-electron chi connectivity index (χ3n) is 4.10. The van der Waals surface area contributed by atoms with Crippen LogP contribution >= 0.6 is 0 Å². The minimum Gasteiger partial charge on any atom is -0.353 e. The predicted molar refractivity (Wildman–Crippen MR) is 92.3 cm³/mol. The maximum absolute atomic E-state index is 12.8. The summed E-state index contributed by atoms with van der Waals surface area (Å²) < 4.78 is 3.55. The summed E-state index contributed by atoms with van der Waals surface area (Å²) in [4.78, 5) is 24.3. The molecule has 8 nitrogen and oxygen atoms in total. The van der Waals surface area contributed by atoms with Gasteiger partial charge < -0.3 is 20.1 Å². The van der Waals surface area contributed by atoms with E-state index in [9.17, 15) is 4.79 Å². The Balaban J connectivity index is 2.16. The molecule has 0 saturated carbocycles. The molecule has 0 bridgehead atoms. The topological polar surface area (TPSA) is 80.0 Å². The van der Waals surface area contributed by atoms with E-state index in [0.717, 1.165) is 32.1 Å². The summed E-state index contributed by atoms with van der Waals surface area (Å²) in [5.74, 6) is 1.40. The Morgan fingerprint density at radius 3 is 2.57 bits per heavy atom. The molecule has 2 aromatic heterocycles. The van der Waals surface area contributed by atoms with Crippen LogP contribution in [0.2, 0.25) is 0 Å². The van der Waals surface area contributed by atoms with E-state index >= 15 is 0 Å². The molecule has 1 aliphatic heterocycles. The summed E-state index contributed by atoms with van der Waals surface area (Å²) in [6, 6.07) is 0.200. The second kappa shape index (κ2) is 6.19. The normalized spacial score (nSPS) is 15.6. The smallest absolute Gasteiger partial charge is 0.280 e. The number of aromatic nitrogens is 4. The minimum atomic E-state index is -0.0612. The van der Waals surface area contributed by atoms with E-state index < -0.39 is 0 Å². The summed E-state index contributed by atoms with van der Waals surface area (Å²) in [6.07, 6.45) is 0. The van der Waals surface area contributed by atoms with Crippen molar-refractivity contribution in [1.29, 1.82) is 0 Å². The van der Waals surface area contributed by atoms with E-state index in [2.05, 4.69) is 25.5 Å². The zero-order chi connectivity index (χ0) is 16.6. The van der Waals surface area contributed by atoms with Gasteiger partial charge in [0.2, 0.25) is 11.9 Å². The largest absolute Gasteiger partial charge is 0.353 e. The number of imidazole rings is 1. The molecular formula is C15H25N7O. The van der Waals surface area contributed by atoms with Crippen molar-refractivity contribution < 1.29 is 0 Å². The van der Waals surface area contributed by atoms with Crippen LogP contribution < -0.4 is 21.1 Å². The van der Waals surface area contributed by atoms with E-state index in [4.69, 9.17) is 0 Å². The minimum absolute atomic E-state index is 0.0612. The maximum Gasteiger partial charge on any atom is 0.280 e. The lowest BCUT2D eigenvalue weighted by Crippen LogP contribution is -2.44. The van der Waals surface area contributed by atoms with Gasteiger partial charge in [0.25, 0.3) is 5.56 Å². The summed E-state index contributed by atoms with van der Waals surface area (Å²) in [5, 5.41) is 6.55. The molecule has 1 saturated heterocycles. The SMILES string of the molecule is CCn1c(N2CCNCC2)nc2nc(NC(C)C)n(C)c(=O)c21. The lowest BCUT2D eigenvalue weighted by atomic mass is 10.4. The van der Waals surface area contributed by atoms with Gasteiger partial charge in [-0.1, -0.05) is 0 Å². The Labute approximate surface area is 135 Å². The average Bonchev–Trinajstić information content (AvgIpc) is 2.91. The number of nitrogens with zero attached hydrogens (tertiary/aromatic N) is 5. The van der Waals surface area contributed by atoms with E-state index in [1.54, 1.807) is 11.6 Å². The molecule has 0 amide bonds. The van der Waals surface area contributed by atoms with E-state index in [-0.39, 0.29) is 11.6 Å². The van der Waals surface area contributed by atoms with Gasteiger partial charge in [-0.05, 0) is 20.8 Å². The first kappa shape index (κ1) is 15.8. The fourth-order valence-electron chi connectivity index (χ4n) is 2.94. The zero-order valence-corrected chi connectivity index (χ0v) is 14.3. The average molecular weight is 319 g/mol. The fourth-order valence-corrected chi connectivity index (χ4v) is 2.94. The highest BCUT2D eigenvalue weighted by atomic mass is 16.1. The number of hydrogen-bond donors (Lipinski definition) is 2. The van der Waals surface area contributed by atoms with Crippen LogP contribution in [0.3, 0.4) is 0 Å². The standard InChI is InChI=1S/C15H25N7O/c1-5-22-11-12(19-15(22)21-8-6-16-7-9-21)18-14(17-10(2)3)20(4)13(11)23/h10,16H,5-9H2,1-4H3,(H,17,18). The molecule has 0 aromatic carbocycles. The van der Waals surface area contributed by atoms with Gasteiger partial charge in [-0.2, -0.15) is 9.97 Å². The number of anilines is 2. The molecule has 23 heavy (non-hydrogen) atoms. The number of hydrogen-bond acceptors (Lipinski definition) is 6. The molecule has 0 spiro atoms. The van der Waals surface area contributed by atoms with Gasteiger partial charge in [-0.3, -0.25) is 9.36 Å². The van der Waals surface area contributed by atoms with Crippen LogP contribution in [0.15, 0.2) is 4.79 Å². The third kappa shape index (κ3) is 2.78. The Morgan fingerprint density at radius 1 is 1.26 bits per heavy atom. The Hall–Kier alpha value is -2.09. The molecule has 3 rings (SSSR count). The molecule has 2 N–H and O–H groups in total. The lowest BCUT2D eigenvalue weighted by Gasteiger charge is -2.28. The molecule has 0 radical (unpaired) electrons. The van der Waals surface area contributed by atoms with Crippen molar-refractivity contribution in [2.24, 2.45) is 7.05 Å². The summed E-state index contributed by atoms with van der Waals surface area (Å²) in [6.45, 7) is 10.4. The molecule has 3 heterocycles. The first-order valence-electron chi connectivity index (χ1n) is 8.22. The van der Waals surface area contributed by atoms with Crippen LogP contribution in [0, 0.1) is 0 Å². The predicted octanol–water partition coefficient (Wildman–Crippen LogP) is 0.380. The summed E-state index contributed by atoms with van der Waals surface area (Å²) in [7, 11) is 1.75. The summed E-state index contributed by atoms with van der Waals surface area (Å²) >= 11 is 0. The highest BCUT2D eigenvalue weighted by molar-refractivity contribution is 5.75. The van der Waals surface area contributed by atoms with Gasteiger partial charge in [0, 0.05) is 45.8 Å². The number of nitrogens with one attached hydrogen (secondary N) is 2. The van der Waals surface area contributed by atoms with Gasteiger partial charge >= 0.3 is 0 Å². The van der Waals surface area contributed by atoms with Crippen molar-refractivity contribution in [3.05, 3.63) is 10.4 Å². The van der Waals surface area contributed by atoms with Crippen molar-refractivity contribution in [3.63, 3.8) is 0 Å². The molecule has 1 aliphatic rings. The third-order valence-corrected chi connectivity index (χ3v) is 4.10. The van der Waals surface area contributed by atoms with E-state index in [1.807, 2.05) is 25.3 Å². The van der Waals surface area contributed by atoms with E-state index in [0.29, 0.717) is 23.7 Å². The molecule has 1 fully saturated rings. The maximum atomic E-state index is 12.8. The highest BCUT2D eigenvalue weighted by Gasteiger charge is 2.22. The second-order valence-electron chi connectivity index (χ2n) is 6.16. The Bertz CT molecular complexity index is 755. The lowest BCUT2D eigenvalue weighted by molar-refractivity contribution is 0.569. The van der Waals surface area contributed by atoms with Gasteiger partial charge in [-0.15, -0.1) is 0 Å². The molecule has 0 unspecified atom stereocenters. The molecule has 8 heteroatoms. The molecule has 2 aromatic rings. The quantitative estimate of drug-likeness (QED) is 0.848. The molecule has 0 atom stereocenters. The van der Waals surface area contributed by atoms with Crippen molar-refractivity contribution in [3.8, 4) is 0 Å². The van der Waals surface area contributed by atoms with Crippen LogP contribution in [0.4, 0.5) is 11.9 Å². The van der Waals surface area contributed by atoms with Gasteiger partial charge in [0.1, 0.15) is 0 Å².